The SMILES string of the molecule is C[SiH2]N=C=N[SiH2]C. The van der Waals surface area contributed by atoms with E-state index in [9.17, 15) is 0 Å². The average molecular weight is 130 g/mol. The van der Waals surface area contributed by atoms with Crippen LogP contribution < -0.4 is 0 Å². The molecule has 0 aromatic heterocycles. The molecule has 0 spiro atoms. The summed E-state index contributed by atoms with van der Waals surface area (Å²) in [5, 5.41) is 0. The first kappa shape index (κ1) is 6.81. The standard InChI is InChI=1S/C3H10N2Si2/c1-6-4-3-5-7-2/h6-7H2,1-2H3. The monoisotopic (exact) mass is 130 g/mol. The molecule has 0 unspecified atom stereocenters. The van der Waals surface area contributed by atoms with Crippen LogP contribution in [0.4, 0.5) is 0 Å². The molecule has 0 fully saturated rings. The average Bonchev–Trinajstić information content (AvgIpc) is 1.69. The zero-order valence-electron chi connectivity index (χ0n) is 4.81. The molecule has 0 rings (SSSR count). The molecule has 0 aliphatic rings. The van der Waals surface area contributed by atoms with Gasteiger partial charge in [0, 0.05) is 0 Å². The summed E-state index contributed by atoms with van der Waals surface area (Å²) in [5.74, 6) is 0. The Labute approximate surface area is 48.6 Å². The van der Waals surface area contributed by atoms with Crippen molar-refractivity contribution < 1.29 is 0 Å². The lowest BCUT2D eigenvalue weighted by molar-refractivity contribution is 1.77. The molecule has 0 saturated carbocycles. The van der Waals surface area contributed by atoms with E-state index in [2.05, 4.69) is 28.4 Å². The van der Waals surface area contributed by atoms with Crippen LogP contribution in [0.2, 0.25) is 13.1 Å². The molecule has 0 aromatic carbocycles. The Bertz CT molecular complexity index is 76.9. The summed E-state index contributed by atoms with van der Waals surface area (Å²) in [4.78, 5) is 0. The Morgan fingerprint density at radius 1 is 1.14 bits per heavy atom. The Morgan fingerprint density at radius 3 is 1.86 bits per heavy atom. The second-order valence-corrected chi connectivity index (χ2v) is 2.95. The highest BCUT2D eigenvalue weighted by molar-refractivity contribution is 6.35. The smallest absolute Gasteiger partial charge is 0.161 e. The van der Waals surface area contributed by atoms with Gasteiger partial charge in [-0.2, -0.15) is 0 Å². The van der Waals surface area contributed by atoms with E-state index in [1.54, 1.807) is 0 Å². The minimum atomic E-state index is -0.164. The van der Waals surface area contributed by atoms with E-state index < -0.39 is 0 Å². The second-order valence-electron chi connectivity index (χ2n) is 1.05. The molecular formula is C3H10N2Si2. The molecule has 2 nitrogen and oxygen atoms in total. The van der Waals surface area contributed by atoms with Crippen molar-refractivity contribution in [1.82, 2.24) is 0 Å². The van der Waals surface area contributed by atoms with Crippen LogP contribution in [0.15, 0.2) is 9.32 Å². The van der Waals surface area contributed by atoms with Crippen molar-refractivity contribution in [2.75, 3.05) is 0 Å². The Morgan fingerprint density at radius 2 is 1.57 bits per heavy atom. The molecular weight excluding hydrogens is 120 g/mol. The van der Waals surface area contributed by atoms with Crippen LogP contribution in [0.3, 0.4) is 0 Å². The summed E-state index contributed by atoms with van der Waals surface area (Å²) >= 11 is 0. The molecule has 0 bridgehead atoms. The number of hydrogen-bond acceptors (Lipinski definition) is 2. The minimum Gasteiger partial charge on any atom is -0.276 e. The van der Waals surface area contributed by atoms with E-state index in [4.69, 9.17) is 0 Å². The summed E-state index contributed by atoms with van der Waals surface area (Å²) in [6.07, 6.45) is 0. The fourth-order valence-electron chi connectivity index (χ4n) is 0.191. The normalized spacial score (nSPS) is 10.6. The molecule has 0 atom stereocenters. The van der Waals surface area contributed by atoms with Gasteiger partial charge in [-0.05, 0) is 0 Å². The maximum atomic E-state index is 3.92. The molecule has 0 heterocycles. The van der Waals surface area contributed by atoms with E-state index in [0.717, 1.165) is 0 Å². The van der Waals surface area contributed by atoms with E-state index in [1.807, 2.05) is 0 Å². The third-order valence-electron chi connectivity index (χ3n) is 0.458. The van der Waals surface area contributed by atoms with Gasteiger partial charge in [-0.15, -0.1) is 0 Å². The number of rotatable bonds is 2. The van der Waals surface area contributed by atoms with Gasteiger partial charge in [-0.3, -0.25) is 9.32 Å². The molecule has 40 valence electrons. The first-order chi connectivity index (χ1) is 3.41. The van der Waals surface area contributed by atoms with Gasteiger partial charge in [-0.25, -0.2) is 0 Å². The third kappa shape index (κ3) is 5.81. The summed E-state index contributed by atoms with van der Waals surface area (Å²) in [7, 11) is -0.328. The van der Waals surface area contributed by atoms with Gasteiger partial charge in [0.15, 0.2) is 19.4 Å². The van der Waals surface area contributed by atoms with Gasteiger partial charge >= 0.3 is 0 Å². The molecule has 0 aliphatic heterocycles. The zero-order valence-corrected chi connectivity index (χ0v) is 7.64. The maximum Gasteiger partial charge on any atom is 0.161 e. The predicted molar refractivity (Wildman–Crippen MR) is 38.7 cm³/mol. The molecule has 0 aliphatic carbocycles. The molecule has 0 radical (unpaired) electrons. The van der Waals surface area contributed by atoms with Crippen LogP contribution in [-0.2, 0) is 0 Å². The second kappa shape index (κ2) is 5.81. The Kier molecular flexibility index (Phi) is 5.66. The topological polar surface area (TPSA) is 24.7 Å². The maximum absolute atomic E-state index is 3.92. The summed E-state index contributed by atoms with van der Waals surface area (Å²) in [6, 6.07) is 2.66. The van der Waals surface area contributed by atoms with Gasteiger partial charge in [0.1, 0.15) is 0 Å². The molecule has 7 heavy (non-hydrogen) atoms. The Balaban J connectivity index is 3.21. The van der Waals surface area contributed by atoms with Gasteiger partial charge in [0.05, 0.1) is 6.01 Å². The summed E-state index contributed by atoms with van der Waals surface area (Å²) in [5.41, 5.74) is 0. The van der Waals surface area contributed by atoms with Crippen LogP contribution in [0.1, 0.15) is 0 Å². The van der Waals surface area contributed by atoms with Crippen molar-refractivity contribution in [3.8, 4) is 0 Å². The van der Waals surface area contributed by atoms with Gasteiger partial charge in [0.25, 0.3) is 0 Å². The molecule has 0 aromatic rings. The van der Waals surface area contributed by atoms with Crippen molar-refractivity contribution in [1.29, 1.82) is 0 Å². The first-order valence-electron chi connectivity index (χ1n) is 2.49. The lowest BCUT2D eigenvalue weighted by Gasteiger charge is -1.67. The van der Waals surface area contributed by atoms with Crippen LogP contribution in [-0.4, -0.2) is 25.4 Å². The van der Waals surface area contributed by atoms with Gasteiger partial charge in [0.2, 0.25) is 0 Å². The lowest BCUT2D eigenvalue weighted by atomic mass is 11.6. The van der Waals surface area contributed by atoms with Crippen molar-refractivity contribution in [3.05, 3.63) is 0 Å². The molecule has 0 N–H and O–H groups in total. The zero-order chi connectivity index (χ0) is 5.54. The van der Waals surface area contributed by atoms with Crippen molar-refractivity contribution in [3.63, 3.8) is 0 Å². The molecule has 4 heteroatoms. The fraction of sp³-hybridized carbons (Fsp3) is 0.667. The van der Waals surface area contributed by atoms with E-state index in [-0.39, 0.29) is 19.4 Å². The summed E-state index contributed by atoms with van der Waals surface area (Å²) in [6.45, 7) is 4.22. The molecule has 0 amide bonds. The summed E-state index contributed by atoms with van der Waals surface area (Å²) < 4.78 is 7.84. The minimum absolute atomic E-state index is 0.164. The molecule has 0 saturated heterocycles. The number of hydrogen-bond donors (Lipinski definition) is 0. The van der Waals surface area contributed by atoms with E-state index in [0.29, 0.717) is 0 Å². The fourth-order valence-corrected chi connectivity index (χ4v) is 0.874. The third-order valence-corrected chi connectivity index (χ3v) is 1.37. The van der Waals surface area contributed by atoms with Gasteiger partial charge < -0.3 is 0 Å². The number of nitrogens with zero attached hydrogens (tertiary/aromatic N) is 2. The van der Waals surface area contributed by atoms with E-state index in [1.165, 1.54) is 0 Å². The largest absolute Gasteiger partial charge is 0.276 e. The predicted octanol–water partition coefficient (Wildman–Crippen LogP) is -0.576. The van der Waals surface area contributed by atoms with Crippen molar-refractivity contribution in [2.24, 2.45) is 9.32 Å². The highest BCUT2D eigenvalue weighted by Crippen LogP contribution is 1.57. The lowest BCUT2D eigenvalue weighted by Crippen LogP contribution is -1.72. The van der Waals surface area contributed by atoms with Crippen molar-refractivity contribution in [2.45, 2.75) is 13.1 Å². The Hall–Kier alpha value is -0.186. The van der Waals surface area contributed by atoms with Crippen LogP contribution >= 0.6 is 0 Å². The first-order valence-corrected chi connectivity index (χ1v) is 6.59. The van der Waals surface area contributed by atoms with Crippen molar-refractivity contribution >= 4 is 25.4 Å². The quantitative estimate of drug-likeness (QED) is 0.353. The highest BCUT2D eigenvalue weighted by Gasteiger charge is 1.60. The van der Waals surface area contributed by atoms with E-state index >= 15 is 0 Å². The van der Waals surface area contributed by atoms with Crippen LogP contribution in [0.25, 0.3) is 0 Å². The van der Waals surface area contributed by atoms with Crippen LogP contribution in [0, 0.1) is 0 Å². The van der Waals surface area contributed by atoms with Gasteiger partial charge in [-0.1, -0.05) is 13.1 Å². The van der Waals surface area contributed by atoms with Crippen LogP contribution in [0.5, 0.6) is 0 Å². The highest BCUT2D eigenvalue weighted by atomic mass is 28.2.